The van der Waals surface area contributed by atoms with Gasteiger partial charge in [0.25, 0.3) is 0 Å². The van der Waals surface area contributed by atoms with E-state index in [2.05, 4.69) is 65.6 Å². The molecule has 8 rings (SSSR count). The number of Topliss-reactive ketones (excluding diaryl/α,β-unsaturated/α-hetero) is 1. The van der Waals surface area contributed by atoms with Crippen LogP contribution in [0, 0.1) is 34.5 Å². The van der Waals surface area contributed by atoms with Gasteiger partial charge in [-0.05, 0) is 121 Å². The number of ketones is 1. The number of aliphatic hydroxyl groups is 2. The first-order valence-corrected chi connectivity index (χ1v) is 17.3. The molecule has 10 atom stereocenters. The molecule has 2 saturated carbocycles. The van der Waals surface area contributed by atoms with Gasteiger partial charge in [-0.25, -0.2) is 0 Å². The Bertz CT molecular complexity index is 1580. The molecule has 0 spiro atoms. The summed E-state index contributed by atoms with van der Waals surface area (Å²) in [6.45, 7) is 19.4. The van der Waals surface area contributed by atoms with Gasteiger partial charge in [0.1, 0.15) is 0 Å². The van der Waals surface area contributed by atoms with Crippen molar-refractivity contribution in [3.8, 4) is 0 Å². The van der Waals surface area contributed by atoms with Gasteiger partial charge in [0.2, 0.25) is 0 Å². The van der Waals surface area contributed by atoms with E-state index >= 15 is 0 Å². The molecule has 3 N–H and O–H groups in total. The number of aromatic nitrogens is 1. The highest BCUT2D eigenvalue weighted by Crippen LogP contribution is 2.71. The Hall–Kier alpha value is -1.73. The van der Waals surface area contributed by atoms with Crippen LogP contribution in [0.25, 0.3) is 10.9 Å². The summed E-state index contributed by atoms with van der Waals surface area (Å²) in [5.41, 5.74) is 3.83. The molecule has 240 valence electrons. The van der Waals surface area contributed by atoms with Crippen molar-refractivity contribution in [2.75, 3.05) is 0 Å². The summed E-state index contributed by atoms with van der Waals surface area (Å²) < 4.78 is 13.2. The average molecular weight is 604 g/mol. The highest BCUT2D eigenvalue weighted by atomic mass is 16.5. The number of hydrogen-bond donors (Lipinski definition) is 3. The molecule has 4 fully saturated rings. The van der Waals surface area contributed by atoms with E-state index in [0.717, 1.165) is 49.6 Å². The predicted molar refractivity (Wildman–Crippen MR) is 171 cm³/mol. The van der Waals surface area contributed by atoms with Crippen molar-refractivity contribution in [3.63, 3.8) is 0 Å². The van der Waals surface area contributed by atoms with Crippen molar-refractivity contribution in [2.45, 2.75) is 148 Å². The molecule has 1 aromatic heterocycles. The third-order valence-corrected chi connectivity index (χ3v) is 14.9. The molecular weight excluding hydrogens is 550 g/mol. The summed E-state index contributed by atoms with van der Waals surface area (Å²) in [6, 6.07) is 4.24. The SMILES string of the molecule is CC(C)(O)[C@@H]1C[C@@H](O)[C@]2(C)[C@H](CC[C@@]3(C)[C@H]2CC[C@H]2Cc4c([nH]c5ccc6c(c45)C[C@@H]4[C@@H](C6=O)C(C)(C)OC4(C)C)[C@@]23C)O1. The molecule has 6 heteroatoms. The van der Waals surface area contributed by atoms with Crippen LogP contribution in [0.1, 0.15) is 122 Å². The lowest BCUT2D eigenvalue weighted by Gasteiger charge is -2.67. The second-order valence-corrected chi connectivity index (χ2v) is 18.0. The number of rotatable bonds is 1. The molecule has 2 aliphatic heterocycles. The molecule has 0 unspecified atom stereocenters. The van der Waals surface area contributed by atoms with Crippen LogP contribution in [0.15, 0.2) is 12.1 Å². The normalized spacial score (nSPS) is 45.2. The maximum Gasteiger partial charge on any atom is 0.169 e. The Labute approximate surface area is 262 Å². The van der Waals surface area contributed by atoms with Crippen LogP contribution < -0.4 is 0 Å². The fourth-order valence-electron chi connectivity index (χ4n) is 12.5. The highest BCUT2D eigenvalue weighted by molar-refractivity contribution is 6.06. The Morgan fingerprint density at radius 2 is 1.68 bits per heavy atom. The maximum absolute atomic E-state index is 14.2. The minimum absolute atomic E-state index is 0.0223. The number of nitrogens with one attached hydrogen (secondary N) is 1. The number of aliphatic hydroxyl groups excluding tert-OH is 1. The zero-order valence-corrected chi connectivity index (χ0v) is 28.3. The monoisotopic (exact) mass is 603 g/mol. The van der Waals surface area contributed by atoms with Crippen molar-refractivity contribution in [2.24, 2.45) is 34.5 Å². The first kappa shape index (κ1) is 29.7. The average Bonchev–Trinajstić information content (AvgIpc) is 3.48. The number of aromatic amines is 1. The fraction of sp³-hybridized carbons (Fsp3) is 0.763. The van der Waals surface area contributed by atoms with Crippen molar-refractivity contribution in [1.29, 1.82) is 0 Å². The molecular formula is C38H53NO5. The molecule has 44 heavy (non-hydrogen) atoms. The zero-order valence-electron chi connectivity index (χ0n) is 28.3. The number of ether oxygens (including phenoxy) is 2. The summed E-state index contributed by atoms with van der Waals surface area (Å²) in [4.78, 5) is 18.2. The molecule has 0 amide bonds. The highest BCUT2D eigenvalue weighted by Gasteiger charge is 2.70. The molecule has 6 nitrogen and oxygen atoms in total. The maximum atomic E-state index is 14.2. The summed E-state index contributed by atoms with van der Waals surface area (Å²) in [5.74, 6) is 1.11. The number of H-pyrrole nitrogens is 1. The summed E-state index contributed by atoms with van der Waals surface area (Å²) in [7, 11) is 0. The van der Waals surface area contributed by atoms with Crippen LogP contribution in [-0.2, 0) is 27.7 Å². The quantitative estimate of drug-likeness (QED) is 0.339. The molecule has 2 aromatic rings. The lowest BCUT2D eigenvalue weighted by atomic mass is 9.39. The number of carbonyl (C=O) groups excluding carboxylic acids is 1. The molecule has 1 aromatic carbocycles. The minimum Gasteiger partial charge on any atom is -0.392 e. The van der Waals surface area contributed by atoms with E-state index in [1.807, 2.05) is 0 Å². The van der Waals surface area contributed by atoms with Gasteiger partial charge in [0, 0.05) is 45.3 Å². The fourth-order valence-corrected chi connectivity index (χ4v) is 12.5. The topological polar surface area (TPSA) is 91.8 Å². The third kappa shape index (κ3) is 3.39. The van der Waals surface area contributed by atoms with Gasteiger partial charge in [-0.1, -0.05) is 20.8 Å². The van der Waals surface area contributed by atoms with Crippen molar-refractivity contribution in [1.82, 2.24) is 4.98 Å². The van der Waals surface area contributed by atoms with E-state index < -0.39 is 17.3 Å². The van der Waals surface area contributed by atoms with Gasteiger partial charge in [0.05, 0.1) is 41.0 Å². The van der Waals surface area contributed by atoms with Gasteiger partial charge in [-0.15, -0.1) is 0 Å². The van der Waals surface area contributed by atoms with Gasteiger partial charge >= 0.3 is 0 Å². The van der Waals surface area contributed by atoms with Crippen molar-refractivity contribution < 1.29 is 24.5 Å². The predicted octanol–water partition coefficient (Wildman–Crippen LogP) is 6.66. The summed E-state index contributed by atoms with van der Waals surface area (Å²) >= 11 is 0. The van der Waals surface area contributed by atoms with Gasteiger partial charge in [0.15, 0.2) is 5.78 Å². The molecule has 0 bridgehead atoms. The first-order chi connectivity index (χ1) is 20.4. The van der Waals surface area contributed by atoms with Crippen molar-refractivity contribution >= 4 is 16.7 Å². The van der Waals surface area contributed by atoms with E-state index in [1.165, 1.54) is 22.2 Å². The number of fused-ring (bicyclic) bond motifs is 12. The Balaban J connectivity index is 1.23. The van der Waals surface area contributed by atoms with E-state index in [9.17, 15) is 15.0 Å². The van der Waals surface area contributed by atoms with Gasteiger partial charge < -0.3 is 24.7 Å². The van der Waals surface area contributed by atoms with E-state index in [-0.39, 0.29) is 51.7 Å². The lowest BCUT2D eigenvalue weighted by Crippen LogP contribution is -2.68. The molecule has 2 saturated heterocycles. The van der Waals surface area contributed by atoms with Crippen LogP contribution in [0.5, 0.6) is 0 Å². The number of carbonyl (C=O) groups is 1. The second kappa shape index (κ2) is 8.59. The zero-order chi connectivity index (χ0) is 31.6. The first-order valence-electron chi connectivity index (χ1n) is 17.3. The largest absolute Gasteiger partial charge is 0.392 e. The number of hydrogen-bond acceptors (Lipinski definition) is 5. The van der Waals surface area contributed by atoms with Crippen LogP contribution in [0.4, 0.5) is 0 Å². The van der Waals surface area contributed by atoms with E-state index in [4.69, 9.17) is 9.47 Å². The van der Waals surface area contributed by atoms with Crippen LogP contribution in [0.3, 0.4) is 0 Å². The summed E-state index contributed by atoms with van der Waals surface area (Å²) in [6.07, 6.45) is 5.59. The van der Waals surface area contributed by atoms with E-state index in [0.29, 0.717) is 18.3 Å². The Morgan fingerprint density at radius 3 is 2.39 bits per heavy atom. The molecule has 3 heterocycles. The van der Waals surface area contributed by atoms with Crippen LogP contribution >= 0.6 is 0 Å². The number of benzene rings is 1. The van der Waals surface area contributed by atoms with Crippen LogP contribution in [0.2, 0.25) is 0 Å². The van der Waals surface area contributed by atoms with Crippen LogP contribution in [-0.4, -0.2) is 56.1 Å². The Kier molecular flexibility index (Phi) is 5.79. The standard InChI is InChI=1S/C38H53NO5/c1-33(2,42)28-18-26(40)37(8)25-13-10-19-16-22-29-21-17-23-30(35(5,6)44-34(23,3)4)31(41)20(21)11-12-24(29)39-32(22)38(19,9)36(25,7)15-14-27(37)43-28/h11-12,19,23,25-28,30,39-40,42H,10,13-18H2,1-9H3/t19-,23+,25+,26+,27-,28-,30-,36-,37+,38+/m0/s1. The van der Waals surface area contributed by atoms with Gasteiger partial charge in [-0.2, -0.15) is 0 Å². The third-order valence-electron chi connectivity index (χ3n) is 14.9. The molecule has 0 radical (unpaired) electrons. The molecule has 6 aliphatic rings. The smallest absolute Gasteiger partial charge is 0.169 e. The lowest BCUT2D eigenvalue weighted by molar-refractivity contribution is -0.280. The molecule has 4 aliphatic carbocycles. The van der Waals surface area contributed by atoms with Crippen molar-refractivity contribution in [3.05, 3.63) is 34.5 Å². The second-order valence-electron chi connectivity index (χ2n) is 18.0. The Morgan fingerprint density at radius 1 is 0.955 bits per heavy atom. The van der Waals surface area contributed by atoms with E-state index in [1.54, 1.807) is 13.8 Å². The van der Waals surface area contributed by atoms with Gasteiger partial charge in [-0.3, -0.25) is 4.79 Å². The minimum atomic E-state index is -0.979. The summed E-state index contributed by atoms with van der Waals surface area (Å²) in [5, 5.41) is 24.0.